The average molecular weight is 287 g/mol. The largest absolute Gasteiger partial charge is 0.493 e. The zero-order valence-electron chi connectivity index (χ0n) is 12.7. The van der Waals surface area contributed by atoms with Gasteiger partial charge in [-0.1, -0.05) is 0 Å². The van der Waals surface area contributed by atoms with E-state index < -0.39 is 0 Å². The van der Waals surface area contributed by atoms with Gasteiger partial charge in [0.2, 0.25) is 0 Å². The highest BCUT2D eigenvalue weighted by Gasteiger charge is 2.29. The molecular weight excluding hydrogens is 266 g/mol. The van der Waals surface area contributed by atoms with Crippen molar-refractivity contribution in [1.29, 1.82) is 0 Å². The van der Waals surface area contributed by atoms with Crippen LogP contribution in [0.1, 0.15) is 13.3 Å². The van der Waals surface area contributed by atoms with Crippen LogP contribution in [-0.4, -0.2) is 37.8 Å². The predicted octanol–water partition coefficient (Wildman–Crippen LogP) is 2.42. The second-order valence-electron chi connectivity index (χ2n) is 5.70. The smallest absolute Gasteiger partial charge is 0.161 e. The summed E-state index contributed by atoms with van der Waals surface area (Å²) < 4.78 is 10.8. The molecule has 1 aromatic carbocycles. The SMILES string of the molecule is COc1cc2ccnc(NC3(C)CCNC3)c2cc1OC. The second kappa shape index (κ2) is 5.41. The van der Waals surface area contributed by atoms with Crippen molar-refractivity contribution >= 4 is 16.6 Å². The highest BCUT2D eigenvalue weighted by Crippen LogP contribution is 2.35. The molecule has 5 nitrogen and oxygen atoms in total. The molecule has 0 radical (unpaired) electrons. The van der Waals surface area contributed by atoms with Gasteiger partial charge in [-0.15, -0.1) is 0 Å². The van der Waals surface area contributed by atoms with Crippen LogP contribution in [0.25, 0.3) is 10.8 Å². The Labute approximate surface area is 124 Å². The van der Waals surface area contributed by atoms with Crippen LogP contribution in [0.5, 0.6) is 11.5 Å². The van der Waals surface area contributed by atoms with Gasteiger partial charge >= 0.3 is 0 Å². The summed E-state index contributed by atoms with van der Waals surface area (Å²) in [5, 5.41) is 9.09. The molecule has 0 saturated carbocycles. The molecule has 1 aliphatic heterocycles. The van der Waals surface area contributed by atoms with Gasteiger partial charge in [0.15, 0.2) is 11.5 Å². The van der Waals surface area contributed by atoms with Crippen LogP contribution in [0, 0.1) is 0 Å². The number of nitrogens with one attached hydrogen (secondary N) is 2. The van der Waals surface area contributed by atoms with Gasteiger partial charge in [-0.25, -0.2) is 4.98 Å². The average Bonchev–Trinajstić information content (AvgIpc) is 2.92. The molecule has 2 N–H and O–H groups in total. The van der Waals surface area contributed by atoms with Gasteiger partial charge < -0.3 is 20.1 Å². The Kier molecular flexibility index (Phi) is 3.59. The normalized spacial score (nSPS) is 21.5. The van der Waals surface area contributed by atoms with Crippen molar-refractivity contribution in [2.45, 2.75) is 18.9 Å². The lowest BCUT2D eigenvalue weighted by molar-refractivity contribution is 0.356. The van der Waals surface area contributed by atoms with Crippen molar-refractivity contribution in [1.82, 2.24) is 10.3 Å². The first-order valence-electron chi connectivity index (χ1n) is 7.15. The van der Waals surface area contributed by atoms with E-state index in [1.54, 1.807) is 14.2 Å². The lowest BCUT2D eigenvalue weighted by atomic mass is 10.0. The van der Waals surface area contributed by atoms with Gasteiger partial charge in [-0.3, -0.25) is 0 Å². The Morgan fingerprint density at radius 2 is 2.00 bits per heavy atom. The summed E-state index contributed by atoms with van der Waals surface area (Å²) in [5.41, 5.74) is 0.0362. The molecule has 1 aliphatic rings. The van der Waals surface area contributed by atoms with Crippen LogP contribution in [0.3, 0.4) is 0 Å². The van der Waals surface area contributed by atoms with Crippen LogP contribution < -0.4 is 20.1 Å². The van der Waals surface area contributed by atoms with Crippen molar-refractivity contribution in [2.75, 3.05) is 32.6 Å². The van der Waals surface area contributed by atoms with E-state index in [9.17, 15) is 0 Å². The third kappa shape index (κ3) is 2.61. The van der Waals surface area contributed by atoms with Crippen molar-refractivity contribution in [3.05, 3.63) is 24.4 Å². The fourth-order valence-corrected chi connectivity index (χ4v) is 2.81. The number of hydrogen-bond acceptors (Lipinski definition) is 5. The topological polar surface area (TPSA) is 55.4 Å². The summed E-state index contributed by atoms with van der Waals surface area (Å²) in [7, 11) is 3.30. The van der Waals surface area contributed by atoms with E-state index in [-0.39, 0.29) is 5.54 Å². The molecule has 2 aromatic rings. The molecular formula is C16H21N3O2. The Morgan fingerprint density at radius 1 is 1.24 bits per heavy atom. The number of rotatable bonds is 4. The van der Waals surface area contributed by atoms with E-state index in [4.69, 9.17) is 9.47 Å². The summed E-state index contributed by atoms with van der Waals surface area (Å²) in [6.07, 6.45) is 2.90. The lowest BCUT2D eigenvalue weighted by Gasteiger charge is -2.26. The number of benzene rings is 1. The Bertz CT molecular complexity index is 651. The van der Waals surface area contributed by atoms with E-state index >= 15 is 0 Å². The highest BCUT2D eigenvalue weighted by molar-refractivity contribution is 5.94. The van der Waals surface area contributed by atoms with Crippen LogP contribution >= 0.6 is 0 Å². The van der Waals surface area contributed by atoms with Crippen molar-refractivity contribution in [3.63, 3.8) is 0 Å². The number of hydrogen-bond donors (Lipinski definition) is 2. The van der Waals surface area contributed by atoms with E-state index in [2.05, 4.69) is 22.5 Å². The maximum Gasteiger partial charge on any atom is 0.161 e. The highest BCUT2D eigenvalue weighted by atomic mass is 16.5. The number of nitrogens with zero attached hydrogens (tertiary/aromatic N) is 1. The second-order valence-corrected chi connectivity index (χ2v) is 5.70. The van der Waals surface area contributed by atoms with Gasteiger partial charge in [0.25, 0.3) is 0 Å². The minimum absolute atomic E-state index is 0.0362. The lowest BCUT2D eigenvalue weighted by Crippen LogP contribution is -2.37. The monoisotopic (exact) mass is 287 g/mol. The molecule has 1 unspecified atom stereocenters. The third-order valence-electron chi connectivity index (χ3n) is 4.06. The number of ether oxygens (including phenoxy) is 2. The van der Waals surface area contributed by atoms with E-state index in [1.165, 1.54) is 0 Å². The van der Waals surface area contributed by atoms with Gasteiger partial charge in [0, 0.05) is 23.7 Å². The fraction of sp³-hybridized carbons (Fsp3) is 0.438. The number of anilines is 1. The molecule has 0 aliphatic carbocycles. The van der Waals surface area contributed by atoms with Crippen LogP contribution in [-0.2, 0) is 0 Å². The molecule has 112 valence electrons. The first kappa shape index (κ1) is 13.9. The van der Waals surface area contributed by atoms with E-state index in [1.807, 2.05) is 24.4 Å². The number of aromatic nitrogens is 1. The fourth-order valence-electron chi connectivity index (χ4n) is 2.81. The van der Waals surface area contributed by atoms with Crippen LogP contribution in [0.2, 0.25) is 0 Å². The van der Waals surface area contributed by atoms with Gasteiger partial charge in [0.05, 0.1) is 14.2 Å². The maximum atomic E-state index is 5.40. The number of methoxy groups -OCH3 is 2. The molecule has 1 saturated heterocycles. The third-order valence-corrected chi connectivity index (χ3v) is 4.06. The minimum atomic E-state index is 0.0362. The quantitative estimate of drug-likeness (QED) is 0.904. The summed E-state index contributed by atoms with van der Waals surface area (Å²) in [6, 6.07) is 5.95. The first-order valence-corrected chi connectivity index (χ1v) is 7.15. The molecule has 1 fully saturated rings. The summed E-state index contributed by atoms with van der Waals surface area (Å²) in [5.74, 6) is 2.34. The van der Waals surface area contributed by atoms with Crippen molar-refractivity contribution in [3.8, 4) is 11.5 Å². The number of pyridine rings is 1. The molecule has 21 heavy (non-hydrogen) atoms. The van der Waals surface area contributed by atoms with Crippen molar-refractivity contribution in [2.24, 2.45) is 0 Å². The van der Waals surface area contributed by atoms with Crippen LogP contribution in [0.4, 0.5) is 5.82 Å². The molecule has 1 atom stereocenters. The van der Waals surface area contributed by atoms with Gasteiger partial charge in [-0.05, 0) is 43.5 Å². The Morgan fingerprint density at radius 3 is 2.67 bits per heavy atom. The zero-order chi connectivity index (χ0) is 14.9. The Balaban J connectivity index is 2.06. The molecule has 0 amide bonds. The van der Waals surface area contributed by atoms with Gasteiger partial charge in [-0.2, -0.15) is 0 Å². The molecule has 3 rings (SSSR count). The summed E-state index contributed by atoms with van der Waals surface area (Å²) >= 11 is 0. The molecule has 2 heterocycles. The van der Waals surface area contributed by atoms with E-state index in [0.29, 0.717) is 0 Å². The minimum Gasteiger partial charge on any atom is -0.493 e. The number of fused-ring (bicyclic) bond motifs is 1. The molecule has 0 bridgehead atoms. The molecule has 0 spiro atoms. The first-order chi connectivity index (χ1) is 10.1. The zero-order valence-corrected chi connectivity index (χ0v) is 12.7. The summed E-state index contributed by atoms with van der Waals surface area (Å²) in [4.78, 5) is 4.51. The van der Waals surface area contributed by atoms with Crippen molar-refractivity contribution < 1.29 is 9.47 Å². The van der Waals surface area contributed by atoms with Crippen LogP contribution in [0.15, 0.2) is 24.4 Å². The molecule has 1 aromatic heterocycles. The Hall–Kier alpha value is -2.01. The predicted molar refractivity (Wildman–Crippen MR) is 84.4 cm³/mol. The summed E-state index contributed by atoms with van der Waals surface area (Å²) in [6.45, 7) is 4.19. The maximum absolute atomic E-state index is 5.40. The standard InChI is InChI=1S/C16H21N3O2/c1-16(5-7-17-10-16)19-15-12-9-14(21-3)13(20-2)8-11(12)4-6-18-15/h4,6,8-9,17H,5,7,10H2,1-3H3,(H,18,19). The molecule has 5 heteroatoms. The van der Waals surface area contributed by atoms with Gasteiger partial charge in [0.1, 0.15) is 5.82 Å². The van der Waals surface area contributed by atoms with E-state index in [0.717, 1.165) is 47.6 Å².